The summed E-state index contributed by atoms with van der Waals surface area (Å²) < 4.78 is 12.0. The van der Waals surface area contributed by atoms with Crippen molar-refractivity contribution in [1.82, 2.24) is 0 Å². The van der Waals surface area contributed by atoms with Gasteiger partial charge in [0.1, 0.15) is 23.7 Å². The van der Waals surface area contributed by atoms with Gasteiger partial charge in [-0.3, -0.25) is 14.9 Å². The number of nitro benzene ring substituents is 1. The maximum absolute atomic E-state index is 13.3. The Morgan fingerprint density at radius 3 is 2.05 bits per heavy atom. The van der Waals surface area contributed by atoms with E-state index in [1.54, 1.807) is 30.3 Å². The van der Waals surface area contributed by atoms with E-state index in [1.807, 2.05) is 30.3 Å². The highest BCUT2D eigenvalue weighted by molar-refractivity contribution is 6.13. The molecule has 0 saturated heterocycles. The Bertz CT molecular complexity index is 1150. The molecule has 38 heavy (non-hydrogen) atoms. The lowest BCUT2D eigenvalue weighted by Gasteiger charge is -2.14. The van der Waals surface area contributed by atoms with Crippen LogP contribution in [-0.4, -0.2) is 17.3 Å². The summed E-state index contributed by atoms with van der Waals surface area (Å²) in [6.07, 6.45) is 12.6. The molecule has 0 saturated carbocycles. The number of nitro groups is 1. The molecule has 0 fully saturated rings. The van der Waals surface area contributed by atoms with E-state index in [-0.39, 0.29) is 23.4 Å². The molecule has 0 bridgehead atoms. The van der Waals surface area contributed by atoms with Crippen LogP contribution in [0.15, 0.2) is 72.8 Å². The second-order valence-electron chi connectivity index (χ2n) is 9.57. The number of hydrogen-bond acceptors (Lipinski definition) is 5. The monoisotopic (exact) mass is 517 g/mol. The molecule has 3 rings (SSSR count). The molecule has 0 atom stereocenters. The molecule has 0 aromatic heterocycles. The molecule has 0 aliphatic rings. The molecule has 3 aromatic carbocycles. The molecule has 0 unspecified atom stereocenters. The molecule has 0 radical (unpaired) electrons. The Kier molecular flexibility index (Phi) is 12.3. The van der Waals surface area contributed by atoms with Crippen molar-refractivity contribution in [3.05, 3.63) is 99.6 Å². The number of carbonyl (C=O) groups is 1. The minimum Gasteiger partial charge on any atom is -0.493 e. The SMILES string of the molecule is CCCCCCCCCCCCOc1ccc(C(=O)c2ccccc2[N+](=O)[O-])c(OCc2ccccc2)c1. The summed E-state index contributed by atoms with van der Waals surface area (Å²) >= 11 is 0. The maximum Gasteiger partial charge on any atom is 0.280 e. The minimum absolute atomic E-state index is 0.0288. The van der Waals surface area contributed by atoms with Crippen LogP contribution in [0.1, 0.15) is 92.6 Å². The van der Waals surface area contributed by atoms with Crippen LogP contribution in [0.2, 0.25) is 0 Å². The van der Waals surface area contributed by atoms with E-state index in [1.165, 1.54) is 63.5 Å². The summed E-state index contributed by atoms with van der Waals surface area (Å²) in [6.45, 7) is 3.10. The summed E-state index contributed by atoms with van der Waals surface area (Å²) in [4.78, 5) is 24.3. The standard InChI is InChI=1S/C32H39NO5/c1-2-3-4-5-6-7-8-9-10-16-23-37-27-21-22-29(31(24-27)38-25-26-17-12-11-13-18-26)32(34)28-19-14-15-20-30(28)33(35)36/h11-15,17-22,24H,2-10,16,23,25H2,1H3. The smallest absolute Gasteiger partial charge is 0.280 e. The van der Waals surface area contributed by atoms with Crippen molar-refractivity contribution in [2.75, 3.05) is 6.61 Å². The summed E-state index contributed by atoms with van der Waals surface area (Å²) in [5.74, 6) is 0.502. The quantitative estimate of drug-likeness (QED) is 0.0729. The highest BCUT2D eigenvalue weighted by Crippen LogP contribution is 2.30. The Morgan fingerprint density at radius 1 is 0.737 bits per heavy atom. The Labute approximate surface area is 226 Å². The molecular formula is C32H39NO5. The molecular weight excluding hydrogens is 478 g/mol. The summed E-state index contributed by atoms with van der Waals surface area (Å²) in [6, 6.07) is 20.7. The molecule has 0 N–H and O–H groups in total. The topological polar surface area (TPSA) is 78.7 Å². The van der Waals surface area contributed by atoms with E-state index in [9.17, 15) is 14.9 Å². The second-order valence-corrected chi connectivity index (χ2v) is 9.57. The molecule has 0 heterocycles. The van der Waals surface area contributed by atoms with E-state index in [2.05, 4.69) is 6.92 Å². The Hall–Kier alpha value is -3.67. The predicted molar refractivity (Wildman–Crippen MR) is 151 cm³/mol. The minimum atomic E-state index is -0.540. The highest BCUT2D eigenvalue weighted by Gasteiger charge is 2.23. The molecule has 0 aliphatic carbocycles. The van der Waals surface area contributed by atoms with Gasteiger partial charge in [-0.2, -0.15) is 0 Å². The number of ether oxygens (including phenoxy) is 2. The maximum atomic E-state index is 13.3. The van der Waals surface area contributed by atoms with Gasteiger partial charge in [0.05, 0.1) is 17.1 Å². The number of nitrogens with zero attached hydrogens (tertiary/aromatic N) is 1. The number of para-hydroxylation sites is 1. The number of carbonyl (C=O) groups excluding carboxylic acids is 1. The van der Waals surface area contributed by atoms with Gasteiger partial charge in [0.2, 0.25) is 5.78 Å². The Morgan fingerprint density at radius 2 is 1.37 bits per heavy atom. The first-order valence-corrected chi connectivity index (χ1v) is 13.8. The molecule has 6 nitrogen and oxygen atoms in total. The lowest BCUT2D eigenvalue weighted by Crippen LogP contribution is -2.09. The number of hydrogen-bond donors (Lipinski definition) is 0. The van der Waals surface area contributed by atoms with Crippen molar-refractivity contribution in [2.45, 2.75) is 77.7 Å². The summed E-state index contributed by atoms with van der Waals surface area (Å²) in [5, 5.41) is 11.5. The van der Waals surface area contributed by atoms with Crippen LogP contribution in [0.4, 0.5) is 5.69 Å². The number of benzene rings is 3. The van der Waals surface area contributed by atoms with Crippen molar-refractivity contribution >= 4 is 11.5 Å². The van der Waals surface area contributed by atoms with Crippen LogP contribution >= 0.6 is 0 Å². The van der Waals surface area contributed by atoms with Gasteiger partial charge in [-0.15, -0.1) is 0 Å². The molecule has 6 heteroatoms. The van der Waals surface area contributed by atoms with Crippen LogP contribution < -0.4 is 9.47 Å². The largest absolute Gasteiger partial charge is 0.493 e. The van der Waals surface area contributed by atoms with Crippen LogP contribution in [0.25, 0.3) is 0 Å². The zero-order valence-corrected chi connectivity index (χ0v) is 22.4. The zero-order chi connectivity index (χ0) is 27.0. The lowest BCUT2D eigenvalue weighted by atomic mass is 10.0. The Balaban J connectivity index is 1.60. The van der Waals surface area contributed by atoms with Crippen molar-refractivity contribution in [2.24, 2.45) is 0 Å². The van der Waals surface area contributed by atoms with Crippen molar-refractivity contribution in [3.8, 4) is 11.5 Å². The third kappa shape index (κ3) is 9.33. The van der Waals surface area contributed by atoms with Crippen LogP contribution in [0, 0.1) is 10.1 Å². The second kappa shape index (κ2) is 16.2. The van der Waals surface area contributed by atoms with E-state index in [4.69, 9.17) is 9.47 Å². The molecule has 0 spiro atoms. The summed E-state index contributed by atoms with van der Waals surface area (Å²) in [5.41, 5.74) is 1.02. The van der Waals surface area contributed by atoms with Crippen LogP contribution in [-0.2, 0) is 6.61 Å². The molecule has 202 valence electrons. The number of rotatable bonds is 18. The molecule has 0 aliphatic heterocycles. The third-order valence-corrected chi connectivity index (χ3v) is 6.55. The third-order valence-electron chi connectivity index (χ3n) is 6.55. The van der Waals surface area contributed by atoms with Gasteiger partial charge in [-0.1, -0.05) is 107 Å². The van der Waals surface area contributed by atoms with E-state index in [0.29, 0.717) is 18.1 Å². The number of ketones is 1. The average Bonchev–Trinajstić information content (AvgIpc) is 2.95. The van der Waals surface area contributed by atoms with Gasteiger partial charge in [0.15, 0.2) is 0 Å². The first kappa shape index (κ1) is 28.9. The molecule has 3 aromatic rings. The zero-order valence-electron chi connectivity index (χ0n) is 22.4. The van der Waals surface area contributed by atoms with Gasteiger partial charge < -0.3 is 9.47 Å². The normalized spacial score (nSPS) is 10.8. The van der Waals surface area contributed by atoms with Crippen LogP contribution in [0.3, 0.4) is 0 Å². The van der Waals surface area contributed by atoms with Crippen molar-refractivity contribution in [1.29, 1.82) is 0 Å². The lowest BCUT2D eigenvalue weighted by molar-refractivity contribution is -0.385. The van der Waals surface area contributed by atoms with E-state index < -0.39 is 10.7 Å². The predicted octanol–water partition coefficient (Wildman–Crippen LogP) is 8.70. The summed E-state index contributed by atoms with van der Waals surface area (Å²) in [7, 11) is 0. The van der Waals surface area contributed by atoms with Gasteiger partial charge in [-0.05, 0) is 30.2 Å². The highest BCUT2D eigenvalue weighted by atomic mass is 16.6. The first-order valence-electron chi connectivity index (χ1n) is 13.8. The fraction of sp³-hybridized carbons (Fsp3) is 0.406. The fourth-order valence-electron chi connectivity index (χ4n) is 4.38. The van der Waals surface area contributed by atoms with Gasteiger partial charge in [-0.25, -0.2) is 0 Å². The first-order chi connectivity index (χ1) is 18.6. The van der Waals surface area contributed by atoms with Crippen molar-refractivity contribution < 1.29 is 19.2 Å². The van der Waals surface area contributed by atoms with E-state index in [0.717, 1.165) is 18.4 Å². The van der Waals surface area contributed by atoms with Gasteiger partial charge in [0.25, 0.3) is 5.69 Å². The number of unbranched alkanes of at least 4 members (excludes halogenated alkanes) is 9. The van der Waals surface area contributed by atoms with Crippen molar-refractivity contribution in [3.63, 3.8) is 0 Å². The van der Waals surface area contributed by atoms with E-state index >= 15 is 0 Å². The molecule has 0 amide bonds. The van der Waals surface area contributed by atoms with Crippen LogP contribution in [0.5, 0.6) is 11.5 Å². The average molecular weight is 518 g/mol. The van der Waals surface area contributed by atoms with Gasteiger partial charge in [0, 0.05) is 12.1 Å². The fourth-order valence-corrected chi connectivity index (χ4v) is 4.38. The van der Waals surface area contributed by atoms with Gasteiger partial charge >= 0.3 is 0 Å².